The van der Waals surface area contributed by atoms with Crippen LogP contribution in [-0.2, 0) is 4.79 Å². The smallest absolute Gasteiger partial charge is 0.338 e. The second kappa shape index (κ2) is 7.98. The third-order valence-corrected chi connectivity index (χ3v) is 2.60. The van der Waals surface area contributed by atoms with Crippen LogP contribution in [0, 0.1) is 5.92 Å². The molecule has 0 unspecified atom stereocenters. The van der Waals surface area contributed by atoms with Crippen molar-refractivity contribution in [2.45, 2.75) is 20.3 Å². The first-order valence-corrected chi connectivity index (χ1v) is 6.65. The molecule has 0 aliphatic rings. The van der Waals surface area contributed by atoms with Gasteiger partial charge in [0.25, 0.3) is 5.91 Å². The van der Waals surface area contributed by atoms with Crippen LogP contribution >= 0.6 is 0 Å². The molecule has 7 heteroatoms. The Balaban J connectivity index is 2.48. The van der Waals surface area contributed by atoms with Crippen LogP contribution < -0.4 is 10.6 Å². The Morgan fingerprint density at radius 3 is 2.62 bits per heavy atom. The van der Waals surface area contributed by atoms with Gasteiger partial charge in [0, 0.05) is 25.7 Å². The van der Waals surface area contributed by atoms with E-state index in [1.807, 2.05) is 13.8 Å². The monoisotopic (exact) mass is 293 g/mol. The average Bonchev–Trinajstić information content (AvgIpc) is 2.44. The average molecular weight is 293 g/mol. The molecule has 1 aromatic heterocycles. The number of hydrogen-bond acceptors (Lipinski definition) is 4. The Morgan fingerprint density at radius 1 is 1.29 bits per heavy atom. The van der Waals surface area contributed by atoms with Crippen LogP contribution in [0.4, 0.5) is 0 Å². The standard InChI is InChI=1S/C14H19N3O4/c1-9(2)8-17-11(18)5-7-16-13(19)12-10(14(20)21)4-3-6-15-12/h3-4,6,9H,5,7-8H2,1-2H3,(H,16,19)(H,17,18)(H,20,21). The van der Waals surface area contributed by atoms with Crippen molar-refractivity contribution in [3.05, 3.63) is 29.6 Å². The summed E-state index contributed by atoms with van der Waals surface area (Å²) in [6.07, 6.45) is 1.48. The van der Waals surface area contributed by atoms with E-state index in [0.29, 0.717) is 12.5 Å². The van der Waals surface area contributed by atoms with Gasteiger partial charge in [-0.05, 0) is 18.1 Å². The summed E-state index contributed by atoms with van der Waals surface area (Å²) in [5.74, 6) is -1.63. The summed E-state index contributed by atoms with van der Waals surface area (Å²) < 4.78 is 0. The molecule has 2 amide bonds. The quantitative estimate of drug-likeness (QED) is 0.684. The number of carbonyl (C=O) groups is 3. The lowest BCUT2D eigenvalue weighted by atomic mass is 10.2. The number of rotatable bonds is 7. The molecule has 0 atom stereocenters. The highest BCUT2D eigenvalue weighted by Gasteiger charge is 2.17. The van der Waals surface area contributed by atoms with Crippen molar-refractivity contribution in [3.63, 3.8) is 0 Å². The van der Waals surface area contributed by atoms with Gasteiger partial charge in [0.15, 0.2) is 0 Å². The van der Waals surface area contributed by atoms with Crippen molar-refractivity contribution < 1.29 is 19.5 Å². The van der Waals surface area contributed by atoms with Crippen LogP contribution in [0.5, 0.6) is 0 Å². The molecule has 0 saturated carbocycles. The van der Waals surface area contributed by atoms with E-state index in [1.54, 1.807) is 0 Å². The molecule has 0 bridgehead atoms. The van der Waals surface area contributed by atoms with E-state index < -0.39 is 11.9 Å². The predicted molar refractivity (Wildman–Crippen MR) is 76.0 cm³/mol. The van der Waals surface area contributed by atoms with Crippen LogP contribution in [-0.4, -0.2) is 41.0 Å². The number of carboxylic acid groups (broad SMARTS) is 1. The molecular weight excluding hydrogens is 274 g/mol. The summed E-state index contributed by atoms with van der Waals surface area (Å²) in [6, 6.07) is 2.75. The van der Waals surface area contributed by atoms with Crippen molar-refractivity contribution in [2.24, 2.45) is 5.92 Å². The zero-order chi connectivity index (χ0) is 15.8. The van der Waals surface area contributed by atoms with Gasteiger partial charge in [-0.2, -0.15) is 0 Å². The summed E-state index contributed by atoms with van der Waals surface area (Å²) >= 11 is 0. The minimum absolute atomic E-state index is 0.123. The number of nitrogens with one attached hydrogen (secondary N) is 2. The van der Waals surface area contributed by atoms with Gasteiger partial charge in [0.1, 0.15) is 5.69 Å². The lowest BCUT2D eigenvalue weighted by Crippen LogP contribution is -2.33. The summed E-state index contributed by atoms with van der Waals surface area (Å²) in [4.78, 5) is 38.1. The molecule has 0 saturated heterocycles. The van der Waals surface area contributed by atoms with E-state index in [1.165, 1.54) is 18.3 Å². The molecule has 1 rings (SSSR count). The van der Waals surface area contributed by atoms with Crippen molar-refractivity contribution in [1.82, 2.24) is 15.6 Å². The maximum Gasteiger partial charge on any atom is 0.338 e. The molecule has 0 fully saturated rings. The van der Waals surface area contributed by atoms with Gasteiger partial charge in [-0.1, -0.05) is 13.8 Å². The highest BCUT2D eigenvalue weighted by atomic mass is 16.4. The minimum atomic E-state index is -1.22. The largest absolute Gasteiger partial charge is 0.478 e. The van der Waals surface area contributed by atoms with E-state index in [4.69, 9.17) is 5.11 Å². The van der Waals surface area contributed by atoms with E-state index in [-0.39, 0.29) is 30.1 Å². The second-order valence-corrected chi connectivity index (χ2v) is 4.91. The molecule has 7 nitrogen and oxygen atoms in total. The number of nitrogens with zero attached hydrogens (tertiary/aromatic N) is 1. The van der Waals surface area contributed by atoms with Crippen LogP contribution in [0.2, 0.25) is 0 Å². The fraction of sp³-hybridized carbons (Fsp3) is 0.429. The zero-order valence-corrected chi connectivity index (χ0v) is 12.0. The lowest BCUT2D eigenvalue weighted by molar-refractivity contribution is -0.121. The highest BCUT2D eigenvalue weighted by molar-refractivity contribution is 6.03. The first-order chi connectivity index (χ1) is 9.91. The molecule has 3 N–H and O–H groups in total. The summed E-state index contributed by atoms with van der Waals surface area (Å²) in [5.41, 5.74) is -0.327. The van der Waals surface area contributed by atoms with E-state index in [9.17, 15) is 14.4 Å². The minimum Gasteiger partial charge on any atom is -0.478 e. The number of aromatic carboxylic acids is 1. The van der Waals surface area contributed by atoms with Crippen LogP contribution in [0.25, 0.3) is 0 Å². The summed E-state index contributed by atoms with van der Waals surface area (Å²) in [6.45, 7) is 4.67. The molecule has 1 heterocycles. The van der Waals surface area contributed by atoms with E-state index in [0.717, 1.165) is 0 Å². The Kier molecular flexibility index (Phi) is 6.32. The van der Waals surface area contributed by atoms with Gasteiger partial charge in [-0.25, -0.2) is 4.79 Å². The topological polar surface area (TPSA) is 108 Å². The highest BCUT2D eigenvalue weighted by Crippen LogP contribution is 2.05. The van der Waals surface area contributed by atoms with Gasteiger partial charge in [-0.3, -0.25) is 14.6 Å². The number of hydrogen-bond donors (Lipinski definition) is 3. The lowest BCUT2D eigenvalue weighted by Gasteiger charge is -2.09. The molecule has 0 spiro atoms. The molecule has 0 radical (unpaired) electrons. The molecular formula is C14H19N3O4. The zero-order valence-electron chi connectivity index (χ0n) is 12.0. The first kappa shape index (κ1) is 16.6. The molecule has 0 aliphatic heterocycles. The van der Waals surface area contributed by atoms with Gasteiger partial charge in [-0.15, -0.1) is 0 Å². The SMILES string of the molecule is CC(C)CNC(=O)CCNC(=O)c1ncccc1C(=O)O. The number of carboxylic acids is 1. The van der Waals surface area contributed by atoms with Gasteiger partial charge in [0.2, 0.25) is 5.91 Å². The Morgan fingerprint density at radius 2 is 2.00 bits per heavy atom. The van der Waals surface area contributed by atoms with Crippen LogP contribution in [0.1, 0.15) is 41.1 Å². The van der Waals surface area contributed by atoms with Crippen molar-refractivity contribution in [3.8, 4) is 0 Å². The maximum atomic E-state index is 11.8. The van der Waals surface area contributed by atoms with E-state index >= 15 is 0 Å². The Labute approximate surface area is 122 Å². The van der Waals surface area contributed by atoms with Gasteiger partial charge in [0.05, 0.1) is 5.56 Å². The molecule has 0 aromatic carbocycles. The van der Waals surface area contributed by atoms with Gasteiger partial charge >= 0.3 is 5.97 Å². The van der Waals surface area contributed by atoms with Crippen LogP contribution in [0.3, 0.4) is 0 Å². The van der Waals surface area contributed by atoms with E-state index in [2.05, 4.69) is 15.6 Å². The molecule has 1 aromatic rings. The second-order valence-electron chi connectivity index (χ2n) is 4.91. The molecule has 0 aliphatic carbocycles. The third-order valence-electron chi connectivity index (χ3n) is 2.60. The number of amides is 2. The summed E-state index contributed by atoms with van der Waals surface area (Å²) in [5, 5.41) is 14.2. The fourth-order valence-electron chi connectivity index (χ4n) is 1.54. The first-order valence-electron chi connectivity index (χ1n) is 6.65. The Hall–Kier alpha value is -2.44. The summed E-state index contributed by atoms with van der Waals surface area (Å²) in [7, 11) is 0. The molecule has 114 valence electrons. The normalized spacial score (nSPS) is 10.2. The predicted octanol–water partition coefficient (Wildman–Crippen LogP) is 0.672. The van der Waals surface area contributed by atoms with Crippen LogP contribution in [0.15, 0.2) is 18.3 Å². The van der Waals surface area contributed by atoms with Gasteiger partial charge < -0.3 is 15.7 Å². The fourth-order valence-corrected chi connectivity index (χ4v) is 1.54. The number of aromatic nitrogens is 1. The number of pyridine rings is 1. The Bertz CT molecular complexity index is 529. The number of carbonyl (C=O) groups excluding carboxylic acids is 2. The van der Waals surface area contributed by atoms with Crippen molar-refractivity contribution in [2.75, 3.05) is 13.1 Å². The van der Waals surface area contributed by atoms with Crippen molar-refractivity contribution in [1.29, 1.82) is 0 Å². The third kappa shape index (κ3) is 5.60. The van der Waals surface area contributed by atoms with Crippen molar-refractivity contribution >= 4 is 17.8 Å². The molecule has 21 heavy (non-hydrogen) atoms. The maximum absolute atomic E-state index is 11.8.